The van der Waals surface area contributed by atoms with Crippen LogP contribution in [0.3, 0.4) is 0 Å². The molecule has 0 saturated carbocycles. The largest absolute Gasteiger partial charge is 0.283 e. The summed E-state index contributed by atoms with van der Waals surface area (Å²) in [6.07, 6.45) is 2.54. The van der Waals surface area contributed by atoms with Gasteiger partial charge in [-0.2, -0.15) is 0 Å². The van der Waals surface area contributed by atoms with Gasteiger partial charge in [-0.3, -0.25) is 19.4 Å². The van der Waals surface area contributed by atoms with Crippen LogP contribution in [0.2, 0.25) is 0 Å². The van der Waals surface area contributed by atoms with Gasteiger partial charge in [0.2, 0.25) is 0 Å². The van der Waals surface area contributed by atoms with Gasteiger partial charge in [0.05, 0.1) is 13.3 Å². The monoisotopic (exact) mass is 300 g/mol. The number of rotatable bonds is 3. The first-order chi connectivity index (χ1) is 9.38. The lowest BCUT2D eigenvalue weighted by Gasteiger charge is -2.50. The van der Waals surface area contributed by atoms with Crippen LogP contribution in [0.1, 0.15) is 41.5 Å². The van der Waals surface area contributed by atoms with Crippen molar-refractivity contribution >= 4 is 8.07 Å². The zero-order valence-electron chi connectivity index (χ0n) is 14.2. The Morgan fingerprint density at radius 3 is 1.60 bits per heavy atom. The van der Waals surface area contributed by atoms with Crippen molar-refractivity contribution in [3.63, 3.8) is 0 Å². The minimum absolute atomic E-state index is 0.0655. The zero-order chi connectivity index (χ0) is 14.9. The molecule has 3 saturated heterocycles. The van der Waals surface area contributed by atoms with E-state index in [0.29, 0.717) is 18.1 Å². The van der Waals surface area contributed by atoms with Crippen molar-refractivity contribution in [3.05, 3.63) is 0 Å². The van der Waals surface area contributed by atoms with Crippen LogP contribution in [0.4, 0.5) is 0 Å². The van der Waals surface area contributed by atoms with Gasteiger partial charge >= 0.3 is 0 Å². The Labute approximate surface area is 126 Å². The highest BCUT2D eigenvalue weighted by Crippen LogP contribution is 2.45. The molecule has 0 aromatic carbocycles. The molecule has 5 heteroatoms. The molecule has 0 aromatic rings. The predicted octanol–water partition coefficient (Wildman–Crippen LogP) is 2.67. The molecule has 0 N–H and O–H groups in total. The maximum atomic E-state index is 2.78. The van der Waals surface area contributed by atoms with Crippen LogP contribution in [0.5, 0.6) is 0 Å². The van der Waals surface area contributed by atoms with Gasteiger partial charge in [0, 0.05) is 43.8 Å². The Balaban J connectivity index is 2.22. The van der Waals surface area contributed by atoms with Crippen molar-refractivity contribution in [3.8, 4) is 0 Å². The van der Waals surface area contributed by atoms with Crippen LogP contribution in [0, 0.1) is 0 Å². The van der Waals surface area contributed by atoms with Crippen LogP contribution in [-0.2, 0) is 0 Å². The minimum Gasteiger partial charge on any atom is -0.283 e. The summed E-state index contributed by atoms with van der Waals surface area (Å²) in [5.74, 6) is 0. The Kier molecular flexibility index (Phi) is 5.84. The molecule has 0 radical (unpaired) electrons. The predicted molar refractivity (Wildman–Crippen MR) is 88.9 cm³/mol. The van der Waals surface area contributed by atoms with Crippen molar-refractivity contribution in [1.29, 1.82) is 0 Å². The SMILES string of the molecule is CC(C)N1CN2CCN(C(C)C)P(C1)CN(C(C)C)C2. The maximum Gasteiger partial charge on any atom is 0.0525 e. The van der Waals surface area contributed by atoms with Gasteiger partial charge in [-0.05, 0) is 49.6 Å². The quantitative estimate of drug-likeness (QED) is 0.743. The highest BCUT2D eigenvalue weighted by atomic mass is 31.1. The molecule has 3 aliphatic rings. The van der Waals surface area contributed by atoms with Crippen LogP contribution < -0.4 is 0 Å². The first-order valence-electron chi connectivity index (χ1n) is 8.10. The summed E-state index contributed by atoms with van der Waals surface area (Å²) >= 11 is 0. The lowest BCUT2D eigenvalue weighted by molar-refractivity contribution is 0.0372. The molecule has 0 aliphatic carbocycles. The molecule has 3 heterocycles. The van der Waals surface area contributed by atoms with E-state index in [1.165, 1.54) is 25.7 Å². The normalized spacial score (nSPS) is 31.1. The van der Waals surface area contributed by atoms with Crippen molar-refractivity contribution in [2.45, 2.75) is 59.7 Å². The van der Waals surface area contributed by atoms with Crippen molar-refractivity contribution in [2.75, 3.05) is 39.0 Å². The summed E-state index contributed by atoms with van der Waals surface area (Å²) in [6, 6.07) is 1.97. The van der Waals surface area contributed by atoms with E-state index in [-0.39, 0.29) is 8.07 Å². The van der Waals surface area contributed by atoms with E-state index in [1.54, 1.807) is 0 Å². The van der Waals surface area contributed by atoms with E-state index in [1.807, 2.05) is 0 Å². The van der Waals surface area contributed by atoms with E-state index in [9.17, 15) is 0 Å². The molecule has 2 bridgehead atoms. The van der Waals surface area contributed by atoms with Gasteiger partial charge in [0.25, 0.3) is 0 Å². The van der Waals surface area contributed by atoms with Crippen LogP contribution in [0.25, 0.3) is 0 Å². The van der Waals surface area contributed by atoms with E-state index in [4.69, 9.17) is 0 Å². The Bertz CT molecular complexity index is 288. The van der Waals surface area contributed by atoms with Crippen molar-refractivity contribution < 1.29 is 0 Å². The second-order valence-electron chi connectivity index (χ2n) is 7.09. The molecule has 0 atom stereocenters. The fraction of sp³-hybridized carbons (Fsp3) is 1.00. The van der Waals surface area contributed by atoms with Crippen LogP contribution >= 0.6 is 8.07 Å². The third-order valence-electron chi connectivity index (χ3n) is 4.52. The Morgan fingerprint density at radius 2 is 1.20 bits per heavy atom. The van der Waals surface area contributed by atoms with E-state index < -0.39 is 0 Å². The second-order valence-corrected chi connectivity index (χ2v) is 9.18. The molecule has 0 aromatic heterocycles. The van der Waals surface area contributed by atoms with E-state index >= 15 is 0 Å². The summed E-state index contributed by atoms with van der Waals surface area (Å²) in [6.45, 7) is 18.8. The summed E-state index contributed by atoms with van der Waals surface area (Å²) in [5.41, 5.74) is 0. The summed E-state index contributed by atoms with van der Waals surface area (Å²) in [5, 5.41) is 0. The average Bonchev–Trinajstić information content (AvgIpc) is 2.24. The molecule has 3 rings (SSSR count). The van der Waals surface area contributed by atoms with Crippen molar-refractivity contribution in [1.82, 2.24) is 19.4 Å². The van der Waals surface area contributed by atoms with Gasteiger partial charge in [-0.25, -0.2) is 0 Å². The molecule has 0 amide bonds. The smallest absolute Gasteiger partial charge is 0.0525 e. The highest BCUT2D eigenvalue weighted by molar-refractivity contribution is 7.55. The highest BCUT2D eigenvalue weighted by Gasteiger charge is 2.34. The lowest BCUT2D eigenvalue weighted by atomic mass is 10.3. The molecule has 3 fully saturated rings. The summed E-state index contributed by atoms with van der Waals surface area (Å²) < 4.78 is 2.78. The van der Waals surface area contributed by atoms with E-state index in [0.717, 1.165) is 13.3 Å². The minimum atomic E-state index is -0.0655. The van der Waals surface area contributed by atoms with Gasteiger partial charge in [-0.15, -0.1) is 0 Å². The number of hydrogen-bond acceptors (Lipinski definition) is 4. The number of hydrogen-bond donors (Lipinski definition) is 0. The molecular weight excluding hydrogens is 267 g/mol. The van der Waals surface area contributed by atoms with Gasteiger partial charge in [0.1, 0.15) is 0 Å². The van der Waals surface area contributed by atoms with Gasteiger partial charge < -0.3 is 0 Å². The Hall–Kier alpha value is 0.270. The third kappa shape index (κ3) is 3.92. The molecule has 0 unspecified atom stereocenters. The van der Waals surface area contributed by atoms with Crippen LogP contribution in [0.15, 0.2) is 0 Å². The number of fused-ring (bicyclic) bond motifs is 6. The van der Waals surface area contributed by atoms with Crippen LogP contribution in [-0.4, -0.2) is 76.5 Å². The number of nitrogens with zero attached hydrogens (tertiary/aromatic N) is 4. The first kappa shape index (κ1) is 16.6. The standard InChI is InChI=1S/C15H33N4P/c1-13(2)17-9-16-7-8-19(15(5)6)20(11-17)12-18(10-16)14(3)4/h13-15H,7-12H2,1-6H3. The Morgan fingerprint density at radius 1 is 0.700 bits per heavy atom. The molecular formula is C15H33N4P. The summed E-state index contributed by atoms with van der Waals surface area (Å²) in [7, 11) is -0.0655. The molecule has 118 valence electrons. The third-order valence-corrected chi connectivity index (χ3v) is 7.29. The van der Waals surface area contributed by atoms with E-state index in [2.05, 4.69) is 60.9 Å². The second kappa shape index (κ2) is 7.02. The molecule has 20 heavy (non-hydrogen) atoms. The topological polar surface area (TPSA) is 13.0 Å². The van der Waals surface area contributed by atoms with Crippen molar-refractivity contribution in [2.24, 2.45) is 0 Å². The van der Waals surface area contributed by atoms with Gasteiger partial charge in [-0.1, -0.05) is 0 Å². The molecule has 3 aliphatic heterocycles. The zero-order valence-corrected chi connectivity index (χ0v) is 15.1. The summed E-state index contributed by atoms with van der Waals surface area (Å²) in [4.78, 5) is 8.00. The van der Waals surface area contributed by atoms with Gasteiger partial charge in [0.15, 0.2) is 0 Å². The first-order valence-corrected chi connectivity index (χ1v) is 9.77. The fourth-order valence-electron chi connectivity index (χ4n) is 3.04. The molecule has 0 spiro atoms. The average molecular weight is 300 g/mol. The molecule has 4 nitrogen and oxygen atoms in total. The lowest BCUT2D eigenvalue weighted by Crippen LogP contribution is -2.56. The maximum absolute atomic E-state index is 2.78. The fourth-order valence-corrected chi connectivity index (χ4v) is 6.15.